The van der Waals surface area contributed by atoms with E-state index in [0.29, 0.717) is 45.6 Å². The predicted octanol–water partition coefficient (Wildman–Crippen LogP) is 5.34. The molecule has 188 valence electrons. The van der Waals surface area contributed by atoms with Crippen molar-refractivity contribution in [2.24, 2.45) is 0 Å². The van der Waals surface area contributed by atoms with Crippen LogP contribution >= 0.6 is 11.3 Å². The summed E-state index contributed by atoms with van der Waals surface area (Å²) < 4.78 is 17.4. The zero-order valence-electron chi connectivity index (χ0n) is 20.4. The lowest BCUT2D eigenvalue weighted by molar-refractivity contribution is -0.132. The Bertz CT molecular complexity index is 1530. The molecule has 1 amide bonds. The third-order valence-corrected chi connectivity index (χ3v) is 7.11. The summed E-state index contributed by atoms with van der Waals surface area (Å²) in [6.45, 7) is 2.41. The maximum Gasteiger partial charge on any atom is 0.301 e. The smallest absolute Gasteiger partial charge is 0.301 e. The summed E-state index contributed by atoms with van der Waals surface area (Å²) in [7, 11) is 3.03. The number of thiazole rings is 1. The molecule has 8 nitrogen and oxygen atoms in total. The van der Waals surface area contributed by atoms with Crippen molar-refractivity contribution in [3.05, 3.63) is 83.4 Å². The normalized spacial score (nSPS) is 16.8. The van der Waals surface area contributed by atoms with Crippen molar-refractivity contribution in [1.29, 1.82) is 0 Å². The van der Waals surface area contributed by atoms with Crippen LogP contribution in [0.1, 0.15) is 24.1 Å². The quantitative estimate of drug-likeness (QED) is 0.201. The van der Waals surface area contributed by atoms with Crippen LogP contribution in [0.3, 0.4) is 0 Å². The summed E-state index contributed by atoms with van der Waals surface area (Å²) >= 11 is 1.26. The predicted molar refractivity (Wildman–Crippen MR) is 142 cm³/mol. The second-order valence-corrected chi connectivity index (χ2v) is 9.21. The molecule has 0 bridgehead atoms. The molecule has 0 unspecified atom stereocenters. The fourth-order valence-corrected chi connectivity index (χ4v) is 5.40. The number of anilines is 1. The minimum Gasteiger partial charge on any atom is -0.507 e. The molecule has 37 heavy (non-hydrogen) atoms. The molecule has 1 atom stereocenters. The highest BCUT2D eigenvalue weighted by Crippen LogP contribution is 2.47. The molecule has 5 rings (SSSR count). The average molecular weight is 517 g/mol. The molecule has 1 aliphatic rings. The summed E-state index contributed by atoms with van der Waals surface area (Å²) in [4.78, 5) is 33.0. The van der Waals surface area contributed by atoms with Gasteiger partial charge in [-0.2, -0.15) is 0 Å². The molecule has 4 aromatic rings. The van der Waals surface area contributed by atoms with E-state index < -0.39 is 17.7 Å². The number of carbonyl (C=O) groups excluding carboxylic acids is 2. The Morgan fingerprint density at radius 2 is 1.76 bits per heavy atom. The molecule has 1 aliphatic heterocycles. The lowest BCUT2D eigenvalue weighted by atomic mass is 9.94. The van der Waals surface area contributed by atoms with Crippen LogP contribution < -0.4 is 19.1 Å². The Hall–Kier alpha value is -4.37. The molecule has 2 heterocycles. The highest BCUT2D eigenvalue weighted by Gasteiger charge is 2.49. The number of benzene rings is 3. The van der Waals surface area contributed by atoms with Gasteiger partial charge in [-0.3, -0.25) is 14.5 Å². The van der Waals surface area contributed by atoms with E-state index in [1.807, 2.05) is 19.1 Å². The first kappa shape index (κ1) is 24.3. The van der Waals surface area contributed by atoms with Crippen molar-refractivity contribution in [3.8, 4) is 17.2 Å². The standard InChI is InChI=1S/C28H24N2O6S/c1-4-36-18-10-12-20-22(15-18)37-28(29-20)30-24(19-14-17(34-2)11-13-21(19)35-3)23(26(32)27(30)33)25(31)16-8-6-5-7-9-16/h5-15,24,31H,4H2,1-3H3/t24-/m1/s1. The van der Waals surface area contributed by atoms with Crippen LogP contribution in [0.25, 0.3) is 16.0 Å². The van der Waals surface area contributed by atoms with E-state index in [-0.39, 0.29) is 11.3 Å². The second-order valence-electron chi connectivity index (χ2n) is 8.20. The Balaban J connectivity index is 1.75. The van der Waals surface area contributed by atoms with Crippen molar-refractivity contribution in [1.82, 2.24) is 4.98 Å². The van der Waals surface area contributed by atoms with Crippen LogP contribution in [0, 0.1) is 0 Å². The van der Waals surface area contributed by atoms with Crippen molar-refractivity contribution in [2.45, 2.75) is 13.0 Å². The number of Topliss-reactive ketones (excluding diaryl/α,β-unsaturated/α-hetero) is 1. The fourth-order valence-electron chi connectivity index (χ4n) is 4.38. The van der Waals surface area contributed by atoms with Crippen molar-refractivity contribution < 1.29 is 28.9 Å². The first-order chi connectivity index (χ1) is 18.0. The van der Waals surface area contributed by atoms with Crippen LogP contribution in [0.5, 0.6) is 17.2 Å². The monoisotopic (exact) mass is 516 g/mol. The highest BCUT2D eigenvalue weighted by atomic mass is 32.1. The molecule has 9 heteroatoms. The first-order valence-corrected chi connectivity index (χ1v) is 12.4. The number of methoxy groups -OCH3 is 2. The molecule has 1 N–H and O–H groups in total. The van der Waals surface area contributed by atoms with Gasteiger partial charge in [0.2, 0.25) is 0 Å². The molecule has 0 spiro atoms. The van der Waals surface area contributed by atoms with Crippen LogP contribution in [-0.2, 0) is 9.59 Å². The van der Waals surface area contributed by atoms with E-state index in [1.54, 1.807) is 54.6 Å². The third kappa shape index (κ3) is 4.27. The van der Waals surface area contributed by atoms with Gasteiger partial charge in [-0.15, -0.1) is 0 Å². The molecule has 3 aromatic carbocycles. The number of fused-ring (bicyclic) bond motifs is 1. The van der Waals surface area contributed by atoms with Crippen molar-refractivity contribution >= 4 is 44.1 Å². The third-order valence-electron chi connectivity index (χ3n) is 6.09. The van der Waals surface area contributed by atoms with Crippen LogP contribution in [0.15, 0.2) is 72.3 Å². The SMILES string of the molecule is CCOc1ccc2nc(N3C(=O)C(=O)C(=C(O)c4ccccc4)[C@H]3c3cc(OC)ccc3OC)sc2c1. The minimum absolute atomic E-state index is 0.0583. The molecular formula is C28H24N2O6S. The van der Waals surface area contributed by atoms with Gasteiger partial charge < -0.3 is 19.3 Å². The fraction of sp³-hybridized carbons (Fsp3) is 0.179. The maximum absolute atomic E-state index is 13.5. The van der Waals surface area contributed by atoms with E-state index in [4.69, 9.17) is 14.2 Å². The van der Waals surface area contributed by atoms with E-state index in [0.717, 1.165) is 4.70 Å². The molecule has 1 aromatic heterocycles. The molecule has 1 fully saturated rings. The van der Waals surface area contributed by atoms with E-state index >= 15 is 0 Å². The number of nitrogens with zero attached hydrogens (tertiary/aromatic N) is 2. The van der Waals surface area contributed by atoms with Gasteiger partial charge in [0.25, 0.3) is 5.78 Å². The number of amides is 1. The lowest BCUT2D eigenvalue weighted by Crippen LogP contribution is -2.29. The van der Waals surface area contributed by atoms with Gasteiger partial charge in [0, 0.05) is 11.1 Å². The Morgan fingerprint density at radius 1 is 1.00 bits per heavy atom. The molecular weight excluding hydrogens is 492 g/mol. The van der Waals surface area contributed by atoms with E-state index in [2.05, 4.69) is 4.98 Å². The number of hydrogen-bond acceptors (Lipinski definition) is 8. The number of aromatic nitrogens is 1. The molecule has 1 saturated heterocycles. The average Bonchev–Trinajstić information content (AvgIpc) is 3.46. The summed E-state index contributed by atoms with van der Waals surface area (Å²) in [5.74, 6) is -0.275. The van der Waals surface area contributed by atoms with Crippen LogP contribution in [0.4, 0.5) is 5.13 Å². The summed E-state index contributed by atoms with van der Waals surface area (Å²) in [5.41, 5.74) is 1.49. The number of carbonyl (C=O) groups is 2. The van der Waals surface area contributed by atoms with Gasteiger partial charge in [0.05, 0.1) is 36.6 Å². The number of hydrogen-bond donors (Lipinski definition) is 1. The van der Waals surface area contributed by atoms with Crippen molar-refractivity contribution in [2.75, 3.05) is 25.7 Å². The Morgan fingerprint density at radius 3 is 2.46 bits per heavy atom. The topological polar surface area (TPSA) is 98.2 Å². The van der Waals surface area contributed by atoms with Gasteiger partial charge in [0.1, 0.15) is 29.0 Å². The Kier molecular flexibility index (Phi) is 6.54. The number of aliphatic hydroxyl groups excluding tert-OH is 1. The van der Waals surface area contributed by atoms with Crippen LogP contribution in [-0.4, -0.2) is 42.6 Å². The second kappa shape index (κ2) is 9.94. The molecule has 0 aliphatic carbocycles. The largest absolute Gasteiger partial charge is 0.507 e. The zero-order valence-corrected chi connectivity index (χ0v) is 21.2. The summed E-state index contributed by atoms with van der Waals surface area (Å²) in [6.07, 6.45) is 0. The number of rotatable bonds is 7. The minimum atomic E-state index is -1.00. The number of ketones is 1. The zero-order chi connectivity index (χ0) is 26.1. The summed E-state index contributed by atoms with van der Waals surface area (Å²) in [5, 5.41) is 11.6. The van der Waals surface area contributed by atoms with Crippen LogP contribution in [0.2, 0.25) is 0 Å². The van der Waals surface area contributed by atoms with Gasteiger partial charge in [-0.05, 0) is 43.3 Å². The first-order valence-electron chi connectivity index (χ1n) is 11.6. The van der Waals surface area contributed by atoms with Gasteiger partial charge in [-0.25, -0.2) is 4.98 Å². The van der Waals surface area contributed by atoms with Gasteiger partial charge in [0.15, 0.2) is 5.13 Å². The maximum atomic E-state index is 13.5. The Labute approximate surface area is 217 Å². The van der Waals surface area contributed by atoms with E-state index in [1.165, 1.54) is 30.5 Å². The highest BCUT2D eigenvalue weighted by molar-refractivity contribution is 7.22. The lowest BCUT2D eigenvalue weighted by Gasteiger charge is -2.25. The van der Waals surface area contributed by atoms with E-state index in [9.17, 15) is 14.7 Å². The number of aliphatic hydroxyl groups is 1. The van der Waals surface area contributed by atoms with Gasteiger partial charge >= 0.3 is 5.91 Å². The van der Waals surface area contributed by atoms with Crippen molar-refractivity contribution in [3.63, 3.8) is 0 Å². The summed E-state index contributed by atoms with van der Waals surface area (Å²) in [6, 6.07) is 18.2. The number of ether oxygens (including phenoxy) is 3. The van der Waals surface area contributed by atoms with Gasteiger partial charge in [-0.1, -0.05) is 41.7 Å². The molecule has 0 radical (unpaired) electrons. The molecule has 0 saturated carbocycles.